The lowest BCUT2D eigenvalue weighted by Crippen LogP contribution is -2.26. The topological polar surface area (TPSA) is 81.7 Å². The fraction of sp³-hybridized carbons (Fsp3) is 0.636. The number of ether oxygens (including phenoxy) is 1. The normalized spacial score (nSPS) is 14.8. The molecule has 0 aliphatic heterocycles. The molecular formula is C11H20NO5P. The van der Waals surface area contributed by atoms with Crippen LogP contribution in [0.25, 0.3) is 0 Å². The van der Waals surface area contributed by atoms with Crippen molar-refractivity contribution in [1.82, 2.24) is 5.32 Å². The van der Waals surface area contributed by atoms with E-state index in [1.165, 1.54) is 19.7 Å². The van der Waals surface area contributed by atoms with Gasteiger partial charge in [-0.2, -0.15) is 0 Å². The number of rotatable bonds is 7. The van der Waals surface area contributed by atoms with Crippen molar-refractivity contribution in [3.05, 3.63) is 11.8 Å². The Bertz CT molecular complexity index is 378. The SMILES string of the molecule is CCOC(=O)C(=CCP(C)(=O)OCC)NC(C)=O. The van der Waals surface area contributed by atoms with Gasteiger partial charge >= 0.3 is 5.97 Å². The summed E-state index contributed by atoms with van der Waals surface area (Å²) in [6, 6.07) is 0. The molecule has 0 saturated carbocycles. The zero-order chi connectivity index (χ0) is 14.2. The van der Waals surface area contributed by atoms with E-state index in [1.807, 2.05) is 0 Å². The second kappa shape index (κ2) is 8.06. The smallest absolute Gasteiger partial charge is 0.354 e. The molecule has 0 aromatic carbocycles. The van der Waals surface area contributed by atoms with E-state index in [0.29, 0.717) is 6.61 Å². The van der Waals surface area contributed by atoms with Gasteiger partial charge in [0.25, 0.3) is 0 Å². The van der Waals surface area contributed by atoms with Crippen LogP contribution in [-0.2, 0) is 23.4 Å². The molecule has 1 N–H and O–H groups in total. The van der Waals surface area contributed by atoms with Crippen LogP contribution in [0.5, 0.6) is 0 Å². The van der Waals surface area contributed by atoms with E-state index < -0.39 is 19.2 Å². The summed E-state index contributed by atoms with van der Waals surface area (Å²) in [5.41, 5.74) is -0.00821. The van der Waals surface area contributed by atoms with Gasteiger partial charge in [-0.05, 0) is 19.9 Å². The molecule has 18 heavy (non-hydrogen) atoms. The van der Waals surface area contributed by atoms with E-state index in [1.54, 1.807) is 13.8 Å². The highest BCUT2D eigenvalue weighted by Gasteiger charge is 2.17. The second-order valence-corrected chi connectivity index (χ2v) is 6.29. The molecule has 0 radical (unpaired) electrons. The van der Waals surface area contributed by atoms with Gasteiger partial charge in [0.05, 0.1) is 13.2 Å². The molecule has 6 nitrogen and oxygen atoms in total. The fourth-order valence-electron chi connectivity index (χ4n) is 1.17. The highest BCUT2D eigenvalue weighted by Crippen LogP contribution is 2.42. The predicted molar refractivity (Wildman–Crippen MR) is 68.6 cm³/mol. The standard InChI is InChI=1S/C11H20NO5P/c1-5-16-11(14)10(12-9(3)13)7-8-18(4,15)17-6-2/h7H,5-6,8H2,1-4H3,(H,12,13). The molecule has 0 fully saturated rings. The molecule has 0 aromatic rings. The van der Waals surface area contributed by atoms with Crippen LogP contribution >= 0.6 is 7.37 Å². The number of allylic oxidation sites excluding steroid dienone is 1. The van der Waals surface area contributed by atoms with Crippen LogP contribution in [0.15, 0.2) is 11.8 Å². The number of carbonyl (C=O) groups is 2. The average Bonchev–Trinajstić information content (AvgIpc) is 2.24. The molecular weight excluding hydrogens is 257 g/mol. The van der Waals surface area contributed by atoms with Gasteiger partial charge < -0.3 is 14.6 Å². The number of hydrogen-bond acceptors (Lipinski definition) is 5. The number of esters is 1. The van der Waals surface area contributed by atoms with Crippen LogP contribution in [-0.4, -0.2) is 37.9 Å². The van der Waals surface area contributed by atoms with Gasteiger partial charge in [-0.3, -0.25) is 9.36 Å². The Morgan fingerprint density at radius 1 is 1.28 bits per heavy atom. The first-order chi connectivity index (χ1) is 8.32. The molecule has 7 heteroatoms. The maximum atomic E-state index is 11.9. The van der Waals surface area contributed by atoms with Crippen molar-refractivity contribution in [1.29, 1.82) is 0 Å². The third-order valence-electron chi connectivity index (χ3n) is 1.84. The van der Waals surface area contributed by atoms with E-state index in [4.69, 9.17) is 9.26 Å². The molecule has 0 aromatic heterocycles. The number of amides is 1. The highest BCUT2D eigenvalue weighted by atomic mass is 31.2. The Morgan fingerprint density at radius 2 is 1.89 bits per heavy atom. The minimum atomic E-state index is -2.78. The third kappa shape index (κ3) is 7.25. The molecule has 0 heterocycles. The summed E-state index contributed by atoms with van der Waals surface area (Å²) in [4.78, 5) is 22.5. The van der Waals surface area contributed by atoms with E-state index in [9.17, 15) is 14.2 Å². The van der Waals surface area contributed by atoms with Crippen LogP contribution in [0.1, 0.15) is 20.8 Å². The van der Waals surface area contributed by atoms with Gasteiger partial charge in [0, 0.05) is 19.8 Å². The maximum Gasteiger partial charge on any atom is 0.354 e. The average molecular weight is 277 g/mol. The fourth-order valence-corrected chi connectivity index (χ4v) is 2.33. The molecule has 0 aliphatic rings. The first kappa shape index (κ1) is 16.9. The molecule has 0 spiro atoms. The predicted octanol–water partition coefficient (Wildman–Crippen LogP) is 1.51. The Hall–Kier alpha value is -1.13. The van der Waals surface area contributed by atoms with Gasteiger partial charge in [0.15, 0.2) is 0 Å². The van der Waals surface area contributed by atoms with Crippen LogP contribution in [0.4, 0.5) is 0 Å². The lowest BCUT2D eigenvalue weighted by atomic mass is 10.4. The Kier molecular flexibility index (Phi) is 7.55. The number of carbonyl (C=O) groups excluding carboxylic acids is 2. The molecule has 0 rings (SSSR count). The van der Waals surface area contributed by atoms with Gasteiger partial charge in [0.1, 0.15) is 5.70 Å². The van der Waals surface area contributed by atoms with Crippen LogP contribution in [0.2, 0.25) is 0 Å². The maximum absolute atomic E-state index is 11.9. The van der Waals surface area contributed by atoms with Crippen molar-refractivity contribution in [2.45, 2.75) is 20.8 Å². The first-order valence-electron chi connectivity index (χ1n) is 5.68. The summed E-state index contributed by atoms with van der Waals surface area (Å²) in [5.74, 6) is -1.04. The Balaban J connectivity index is 4.79. The summed E-state index contributed by atoms with van der Waals surface area (Å²) in [6.07, 6.45) is 1.44. The zero-order valence-electron chi connectivity index (χ0n) is 11.2. The highest BCUT2D eigenvalue weighted by molar-refractivity contribution is 7.58. The van der Waals surface area contributed by atoms with Gasteiger partial charge in [-0.1, -0.05) is 0 Å². The number of nitrogens with one attached hydrogen (secondary N) is 1. The quantitative estimate of drug-likeness (QED) is 0.433. The van der Waals surface area contributed by atoms with Gasteiger partial charge in [-0.25, -0.2) is 4.79 Å². The molecule has 1 amide bonds. The van der Waals surface area contributed by atoms with Crippen LogP contribution < -0.4 is 5.32 Å². The molecule has 1 unspecified atom stereocenters. The number of hydrogen-bond donors (Lipinski definition) is 1. The van der Waals surface area contributed by atoms with Crippen molar-refractivity contribution >= 4 is 19.2 Å². The minimum absolute atomic E-state index is 0.00821. The van der Waals surface area contributed by atoms with Crippen molar-refractivity contribution in [2.75, 3.05) is 26.0 Å². The second-order valence-electron chi connectivity index (χ2n) is 3.63. The third-order valence-corrected chi connectivity index (χ3v) is 3.49. The largest absolute Gasteiger partial charge is 0.461 e. The minimum Gasteiger partial charge on any atom is -0.461 e. The molecule has 1 atom stereocenters. The lowest BCUT2D eigenvalue weighted by Gasteiger charge is -2.11. The molecule has 0 aliphatic carbocycles. The van der Waals surface area contributed by atoms with Crippen LogP contribution in [0.3, 0.4) is 0 Å². The summed E-state index contributed by atoms with van der Waals surface area (Å²) < 4.78 is 21.7. The monoisotopic (exact) mass is 277 g/mol. The van der Waals surface area contributed by atoms with Crippen molar-refractivity contribution in [3.63, 3.8) is 0 Å². The van der Waals surface area contributed by atoms with E-state index in [-0.39, 0.29) is 18.5 Å². The summed E-state index contributed by atoms with van der Waals surface area (Å²) in [6.45, 7) is 6.68. The summed E-state index contributed by atoms with van der Waals surface area (Å²) in [5, 5.41) is 2.35. The molecule has 0 bridgehead atoms. The summed E-state index contributed by atoms with van der Waals surface area (Å²) in [7, 11) is -2.78. The van der Waals surface area contributed by atoms with Gasteiger partial charge in [0.2, 0.25) is 13.3 Å². The van der Waals surface area contributed by atoms with E-state index in [0.717, 1.165) is 0 Å². The molecule has 104 valence electrons. The van der Waals surface area contributed by atoms with Gasteiger partial charge in [-0.15, -0.1) is 0 Å². The van der Waals surface area contributed by atoms with E-state index >= 15 is 0 Å². The lowest BCUT2D eigenvalue weighted by molar-refractivity contribution is -0.140. The van der Waals surface area contributed by atoms with Crippen molar-refractivity contribution in [3.8, 4) is 0 Å². The first-order valence-corrected chi connectivity index (χ1v) is 7.94. The molecule has 0 saturated heterocycles. The Morgan fingerprint density at radius 3 is 2.33 bits per heavy atom. The van der Waals surface area contributed by atoms with Crippen molar-refractivity contribution in [2.24, 2.45) is 0 Å². The van der Waals surface area contributed by atoms with Crippen molar-refractivity contribution < 1.29 is 23.4 Å². The summed E-state index contributed by atoms with van der Waals surface area (Å²) >= 11 is 0. The van der Waals surface area contributed by atoms with Crippen LogP contribution in [0, 0.1) is 0 Å². The Labute approximate surface area is 107 Å². The zero-order valence-corrected chi connectivity index (χ0v) is 12.1. The van der Waals surface area contributed by atoms with E-state index in [2.05, 4.69) is 5.32 Å².